The molecule has 0 amide bonds. The maximum atomic E-state index is 14.3. The Labute approximate surface area is 125 Å². The molecule has 2 nitrogen and oxygen atoms in total. The Morgan fingerprint density at radius 2 is 1.67 bits per heavy atom. The Balaban J connectivity index is 1.75. The molecule has 0 saturated carbocycles. The number of likely N-dealkylation sites (tertiary alicyclic amines) is 1. The maximum absolute atomic E-state index is 14.3. The minimum atomic E-state index is -0.290. The van der Waals surface area contributed by atoms with E-state index in [1.54, 1.807) is 0 Å². The van der Waals surface area contributed by atoms with Crippen LogP contribution in [0.4, 0.5) is 14.5 Å². The predicted octanol–water partition coefficient (Wildman–Crippen LogP) is 3.62. The van der Waals surface area contributed by atoms with E-state index in [9.17, 15) is 8.78 Å². The number of piperidine rings is 1. The molecular formula is C17H24F2N2. The molecule has 3 rings (SSSR count). The molecule has 116 valence electrons. The average molecular weight is 294 g/mol. The van der Waals surface area contributed by atoms with Crippen molar-refractivity contribution in [2.75, 3.05) is 38.1 Å². The second-order valence-electron chi connectivity index (χ2n) is 7.14. The summed E-state index contributed by atoms with van der Waals surface area (Å²) in [5.41, 5.74) is 1.32. The summed E-state index contributed by atoms with van der Waals surface area (Å²) < 4.78 is 28.4. The van der Waals surface area contributed by atoms with Gasteiger partial charge >= 0.3 is 0 Å². The van der Waals surface area contributed by atoms with Crippen molar-refractivity contribution >= 4 is 5.69 Å². The van der Waals surface area contributed by atoms with Gasteiger partial charge in [-0.3, -0.25) is 0 Å². The van der Waals surface area contributed by atoms with E-state index in [-0.39, 0.29) is 17.6 Å². The van der Waals surface area contributed by atoms with Gasteiger partial charge in [0.25, 0.3) is 0 Å². The van der Waals surface area contributed by atoms with Gasteiger partial charge in [-0.25, -0.2) is 8.78 Å². The molecular weight excluding hydrogens is 270 g/mol. The average Bonchev–Trinajstić information content (AvgIpc) is 2.40. The Hall–Kier alpha value is -1.16. The van der Waals surface area contributed by atoms with Crippen LogP contribution in [-0.4, -0.2) is 38.1 Å². The van der Waals surface area contributed by atoms with Crippen LogP contribution in [0.3, 0.4) is 0 Å². The SMILES string of the molecule is CC(C)c1cc(F)c(N2CCC3(CC2)CN(C)C3)cc1F. The lowest BCUT2D eigenvalue weighted by atomic mass is 9.72. The van der Waals surface area contributed by atoms with E-state index in [0.717, 1.165) is 39.0 Å². The molecule has 1 aromatic carbocycles. The molecule has 0 radical (unpaired) electrons. The van der Waals surface area contributed by atoms with Crippen LogP contribution in [0.2, 0.25) is 0 Å². The molecule has 2 aliphatic rings. The third-order valence-corrected chi connectivity index (χ3v) is 5.06. The normalized spacial score (nSPS) is 21.9. The quantitative estimate of drug-likeness (QED) is 0.822. The van der Waals surface area contributed by atoms with Crippen LogP contribution in [0.1, 0.15) is 38.2 Å². The number of benzene rings is 1. The lowest BCUT2D eigenvalue weighted by Gasteiger charge is -2.53. The molecule has 1 aromatic rings. The summed E-state index contributed by atoms with van der Waals surface area (Å²) in [6, 6.07) is 2.76. The van der Waals surface area contributed by atoms with E-state index in [1.165, 1.54) is 12.1 Å². The molecule has 2 aliphatic heterocycles. The number of hydrogen-bond donors (Lipinski definition) is 0. The van der Waals surface area contributed by atoms with Gasteiger partial charge in [0, 0.05) is 32.2 Å². The van der Waals surface area contributed by atoms with Crippen LogP contribution in [0.15, 0.2) is 12.1 Å². The van der Waals surface area contributed by atoms with Crippen LogP contribution in [0.25, 0.3) is 0 Å². The first kappa shape index (κ1) is 14.8. The number of nitrogens with zero attached hydrogens (tertiary/aromatic N) is 2. The number of halogens is 2. The molecule has 4 heteroatoms. The number of rotatable bonds is 2. The largest absolute Gasteiger partial charge is 0.369 e. The zero-order valence-corrected chi connectivity index (χ0v) is 13.1. The van der Waals surface area contributed by atoms with E-state index < -0.39 is 0 Å². The fourth-order valence-electron chi connectivity index (χ4n) is 3.87. The molecule has 0 aliphatic carbocycles. The summed E-state index contributed by atoms with van der Waals surface area (Å²) in [4.78, 5) is 4.33. The van der Waals surface area contributed by atoms with Gasteiger partial charge in [0.05, 0.1) is 5.69 Å². The molecule has 21 heavy (non-hydrogen) atoms. The Morgan fingerprint density at radius 1 is 1.05 bits per heavy atom. The molecule has 0 N–H and O–H groups in total. The number of anilines is 1. The first-order chi connectivity index (χ1) is 9.90. The van der Waals surface area contributed by atoms with Crippen molar-refractivity contribution in [3.63, 3.8) is 0 Å². The van der Waals surface area contributed by atoms with E-state index in [0.29, 0.717) is 16.7 Å². The summed E-state index contributed by atoms with van der Waals surface area (Å²) in [5, 5.41) is 0. The van der Waals surface area contributed by atoms with E-state index in [2.05, 4.69) is 11.9 Å². The molecule has 0 atom stereocenters. The topological polar surface area (TPSA) is 6.48 Å². The smallest absolute Gasteiger partial charge is 0.146 e. The van der Waals surface area contributed by atoms with Gasteiger partial charge in [-0.1, -0.05) is 13.8 Å². The van der Waals surface area contributed by atoms with Crippen molar-refractivity contribution < 1.29 is 8.78 Å². The molecule has 0 aromatic heterocycles. The van der Waals surface area contributed by atoms with E-state index >= 15 is 0 Å². The van der Waals surface area contributed by atoms with Gasteiger partial charge in [0.1, 0.15) is 11.6 Å². The van der Waals surface area contributed by atoms with Gasteiger partial charge in [0.2, 0.25) is 0 Å². The third-order valence-electron chi connectivity index (χ3n) is 5.06. The monoisotopic (exact) mass is 294 g/mol. The Morgan fingerprint density at radius 3 is 2.19 bits per heavy atom. The van der Waals surface area contributed by atoms with Gasteiger partial charge in [-0.15, -0.1) is 0 Å². The second kappa shape index (κ2) is 5.24. The standard InChI is InChI=1S/C17H24F2N2/c1-12(2)13-8-15(19)16(9-14(13)18)21-6-4-17(5-7-21)10-20(3)11-17/h8-9,12H,4-7,10-11H2,1-3H3. The van der Waals surface area contributed by atoms with Crippen molar-refractivity contribution in [2.24, 2.45) is 5.41 Å². The van der Waals surface area contributed by atoms with E-state index in [4.69, 9.17) is 0 Å². The van der Waals surface area contributed by atoms with Crippen molar-refractivity contribution in [1.29, 1.82) is 0 Å². The van der Waals surface area contributed by atoms with Crippen LogP contribution < -0.4 is 4.90 Å². The highest BCUT2D eigenvalue weighted by Crippen LogP contribution is 2.41. The van der Waals surface area contributed by atoms with Crippen LogP contribution in [-0.2, 0) is 0 Å². The minimum Gasteiger partial charge on any atom is -0.369 e. The van der Waals surface area contributed by atoms with Crippen molar-refractivity contribution in [2.45, 2.75) is 32.6 Å². The lowest BCUT2D eigenvalue weighted by Crippen LogP contribution is -2.58. The molecule has 0 unspecified atom stereocenters. The molecule has 2 heterocycles. The summed E-state index contributed by atoms with van der Waals surface area (Å²) in [7, 11) is 2.14. The summed E-state index contributed by atoms with van der Waals surface area (Å²) in [6.07, 6.45) is 2.15. The first-order valence-electron chi connectivity index (χ1n) is 7.83. The Bertz CT molecular complexity index is 526. The highest BCUT2D eigenvalue weighted by molar-refractivity contribution is 5.50. The van der Waals surface area contributed by atoms with Crippen molar-refractivity contribution in [1.82, 2.24) is 4.90 Å². The zero-order chi connectivity index (χ0) is 15.2. The summed E-state index contributed by atoms with van der Waals surface area (Å²) >= 11 is 0. The van der Waals surface area contributed by atoms with Gasteiger partial charge in [-0.05, 0) is 42.9 Å². The highest BCUT2D eigenvalue weighted by Gasteiger charge is 2.43. The second-order valence-corrected chi connectivity index (χ2v) is 7.14. The molecule has 1 spiro atoms. The van der Waals surface area contributed by atoms with E-state index in [1.807, 2.05) is 18.7 Å². The van der Waals surface area contributed by atoms with Gasteiger partial charge in [-0.2, -0.15) is 0 Å². The van der Waals surface area contributed by atoms with Gasteiger partial charge < -0.3 is 9.80 Å². The highest BCUT2D eigenvalue weighted by atomic mass is 19.1. The fourth-order valence-corrected chi connectivity index (χ4v) is 3.87. The Kier molecular flexibility index (Phi) is 3.68. The van der Waals surface area contributed by atoms with Gasteiger partial charge in [0.15, 0.2) is 0 Å². The molecule has 2 saturated heterocycles. The van der Waals surface area contributed by atoms with Crippen LogP contribution >= 0.6 is 0 Å². The zero-order valence-electron chi connectivity index (χ0n) is 13.1. The molecule has 2 fully saturated rings. The predicted molar refractivity (Wildman–Crippen MR) is 81.8 cm³/mol. The molecule has 0 bridgehead atoms. The van der Waals surface area contributed by atoms with Crippen molar-refractivity contribution in [3.05, 3.63) is 29.3 Å². The lowest BCUT2D eigenvalue weighted by molar-refractivity contribution is 0.00122. The van der Waals surface area contributed by atoms with Crippen molar-refractivity contribution in [3.8, 4) is 0 Å². The maximum Gasteiger partial charge on any atom is 0.146 e. The first-order valence-corrected chi connectivity index (χ1v) is 7.83. The number of hydrogen-bond acceptors (Lipinski definition) is 2. The van der Waals surface area contributed by atoms with Crippen LogP contribution in [0.5, 0.6) is 0 Å². The summed E-state index contributed by atoms with van der Waals surface area (Å²) in [5.74, 6) is -0.574. The third kappa shape index (κ3) is 2.66. The summed E-state index contributed by atoms with van der Waals surface area (Å²) in [6.45, 7) is 7.70. The fraction of sp³-hybridized carbons (Fsp3) is 0.647. The van der Waals surface area contributed by atoms with Crippen LogP contribution in [0, 0.1) is 17.0 Å². The minimum absolute atomic E-state index is 0.00342.